The average molecular weight is 352 g/mol. The van der Waals surface area contributed by atoms with Gasteiger partial charge in [-0.3, -0.25) is 9.59 Å². The Bertz CT molecular complexity index is 947. The molecule has 2 aliphatic rings. The molecule has 6 nitrogen and oxygen atoms in total. The second-order valence-corrected chi connectivity index (χ2v) is 6.60. The molecule has 2 N–H and O–H groups in total. The minimum atomic E-state index is -0.454. The Kier molecular flexibility index (Phi) is 4.20. The fourth-order valence-corrected chi connectivity index (χ4v) is 2.91. The Balaban J connectivity index is 2.02. The molecular weight excluding hydrogens is 332 g/mol. The summed E-state index contributed by atoms with van der Waals surface area (Å²) >= 11 is 0. The highest BCUT2D eigenvalue weighted by Crippen LogP contribution is 2.42. The lowest BCUT2D eigenvalue weighted by molar-refractivity contribution is -0.114. The number of benzene rings is 1. The van der Waals surface area contributed by atoms with E-state index in [0.717, 1.165) is 5.69 Å². The lowest BCUT2D eigenvalue weighted by Crippen LogP contribution is -2.26. The van der Waals surface area contributed by atoms with E-state index < -0.39 is 5.78 Å². The quantitative estimate of drug-likeness (QED) is 0.812. The van der Waals surface area contributed by atoms with Crippen LogP contribution in [0.2, 0.25) is 0 Å². The molecule has 0 heterocycles. The van der Waals surface area contributed by atoms with Crippen LogP contribution in [0.1, 0.15) is 5.56 Å². The molecule has 26 heavy (non-hydrogen) atoms. The van der Waals surface area contributed by atoms with E-state index in [1.165, 1.54) is 18.2 Å². The van der Waals surface area contributed by atoms with Gasteiger partial charge in [-0.1, -0.05) is 0 Å². The molecule has 0 unspecified atom stereocenters. The minimum Gasteiger partial charge on any atom is -0.507 e. The zero-order valence-corrected chi connectivity index (χ0v) is 15.1. The Morgan fingerprint density at radius 2 is 1.58 bits per heavy atom. The monoisotopic (exact) mass is 352 g/mol. The third kappa shape index (κ3) is 2.69. The number of ketones is 2. The van der Waals surface area contributed by atoms with Crippen LogP contribution in [0.25, 0.3) is 5.57 Å². The molecule has 0 saturated heterocycles. The van der Waals surface area contributed by atoms with Crippen molar-refractivity contribution in [3.63, 3.8) is 0 Å². The van der Waals surface area contributed by atoms with Crippen LogP contribution in [0.4, 0.5) is 5.69 Å². The minimum absolute atomic E-state index is 0.00797. The van der Waals surface area contributed by atoms with Gasteiger partial charge in [0.15, 0.2) is 5.78 Å². The normalized spacial score (nSPS) is 19.5. The molecule has 2 aliphatic carbocycles. The third-order valence-electron chi connectivity index (χ3n) is 4.45. The van der Waals surface area contributed by atoms with Crippen molar-refractivity contribution < 1.29 is 19.8 Å². The first kappa shape index (κ1) is 17.5. The van der Waals surface area contributed by atoms with E-state index >= 15 is 0 Å². The van der Waals surface area contributed by atoms with Gasteiger partial charge < -0.3 is 20.0 Å². The summed E-state index contributed by atoms with van der Waals surface area (Å²) in [5.74, 6) is -1.16. The summed E-state index contributed by atoms with van der Waals surface area (Å²) < 4.78 is 0. The molecule has 134 valence electrons. The fraction of sp³-hybridized carbons (Fsp3) is 0.200. The van der Waals surface area contributed by atoms with Crippen molar-refractivity contribution >= 4 is 22.8 Å². The summed E-state index contributed by atoms with van der Waals surface area (Å²) in [4.78, 5) is 28.5. The van der Waals surface area contributed by atoms with Gasteiger partial charge in [0.05, 0.1) is 11.1 Å². The maximum Gasteiger partial charge on any atom is 0.202 e. The predicted molar refractivity (Wildman–Crippen MR) is 99.9 cm³/mol. The molecule has 0 fully saturated rings. The smallest absolute Gasteiger partial charge is 0.202 e. The summed E-state index contributed by atoms with van der Waals surface area (Å²) in [5, 5.41) is 20.6. The van der Waals surface area contributed by atoms with Gasteiger partial charge in [-0.2, -0.15) is 0 Å². The number of carbonyl (C=O) groups is 2. The number of phenolic OH excluding ortho intramolecular Hbond substituents is 1. The van der Waals surface area contributed by atoms with Crippen LogP contribution >= 0.6 is 0 Å². The van der Waals surface area contributed by atoms with E-state index in [2.05, 4.69) is 0 Å². The molecule has 1 aromatic carbocycles. The van der Waals surface area contributed by atoms with Gasteiger partial charge >= 0.3 is 0 Å². The summed E-state index contributed by atoms with van der Waals surface area (Å²) in [5.41, 5.74) is 1.91. The van der Waals surface area contributed by atoms with E-state index in [0.29, 0.717) is 5.70 Å². The number of anilines is 1. The first-order valence-corrected chi connectivity index (χ1v) is 8.07. The maximum atomic E-state index is 12.6. The summed E-state index contributed by atoms with van der Waals surface area (Å²) in [6, 6.07) is 4.84. The third-order valence-corrected chi connectivity index (χ3v) is 4.45. The summed E-state index contributed by atoms with van der Waals surface area (Å²) in [6.45, 7) is 0. The molecule has 0 spiro atoms. The lowest BCUT2D eigenvalue weighted by atomic mass is 9.79. The molecule has 0 bridgehead atoms. The van der Waals surface area contributed by atoms with Crippen molar-refractivity contribution in [3.8, 4) is 5.75 Å². The van der Waals surface area contributed by atoms with Crippen molar-refractivity contribution in [1.82, 2.24) is 4.90 Å². The zero-order chi connectivity index (χ0) is 19.2. The molecule has 0 radical (unpaired) electrons. The summed E-state index contributed by atoms with van der Waals surface area (Å²) in [7, 11) is 7.29. The largest absolute Gasteiger partial charge is 0.507 e. The highest BCUT2D eigenvalue weighted by atomic mass is 16.3. The van der Waals surface area contributed by atoms with E-state index in [1.54, 1.807) is 23.1 Å². The number of hydrogen-bond donors (Lipinski definition) is 2. The number of hydrogen-bond acceptors (Lipinski definition) is 6. The van der Waals surface area contributed by atoms with Crippen LogP contribution in [0.15, 0.2) is 59.0 Å². The molecule has 6 heteroatoms. The van der Waals surface area contributed by atoms with Gasteiger partial charge in [-0.05, 0) is 24.3 Å². The number of likely N-dealkylation sites (N-methyl/N-ethyl adjacent to an activating group) is 1. The van der Waals surface area contributed by atoms with Gasteiger partial charge in [-0.25, -0.2) is 0 Å². The van der Waals surface area contributed by atoms with Gasteiger partial charge in [0.1, 0.15) is 11.5 Å². The van der Waals surface area contributed by atoms with E-state index in [1.807, 2.05) is 33.1 Å². The molecule has 0 atom stereocenters. The second-order valence-electron chi connectivity index (χ2n) is 6.60. The van der Waals surface area contributed by atoms with Crippen molar-refractivity contribution in [1.29, 1.82) is 0 Å². The molecule has 1 aromatic rings. The molecule has 3 rings (SSSR count). The molecular formula is C20H20N2O4. The first-order valence-electron chi connectivity index (χ1n) is 8.07. The van der Waals surface area contributed by atoms with Crippen LogP contribution in [-0.2, 0) is 9.59 Å². The number of aromatic hydroxyl groups is 1. The van der Waals surface area contributed by atoms with Crippen molar-refractivity contribution in [2.75, 3.05) is 33.1 Å². The van der Waals surface area contributed by atoms with Crippen molar-refractivity contribution in [2.45, 2.75) is 0 Å². The number of allylic oxidation sites excluding steroid dienone is 6. The highest BCUT2D eigenvalue weighted by Gasteiger charge is 2.39. The number of Topliss-reactive ketones (excluding diaryl/α,β-unsaturated/α-hetero) is 1. The Labute approximate surface area is 151 Å². The van der Waals surface area contributed by atoms with E-state index in [9.17, 15) is 19.8 Å². The Hall–Kier alpha value is -3.28. The SMILES string of the molecule is CN(C)C1=CC(=O)/C(=C2\C(=O)C(c3ccc(N(C)C)cc3O)=C2O)C=C1. The number of aliphatic hydroxyl groups is 1. The number of carbonyl (C=O) groups excluding carboxylic acids is 2. The van der Waals surface area contributed by atoms with Gasteiger partial charge in [-0.15, -0.1) is 0 Å². The number of nitrogens with zero attached hydrogens (tertiary/aromatic N) is 2. The maximum absolute atomic E-state index is 12.6. The molecule has 0 saturated carbocycles. The standard InChI is InChI=1S/C20H20N2O4/c1-21(2)11-5-7-13(15(23)9-11)17-19(25)18(20(17)26)14-8-6-12(22(3)4)10-16(14)24/h5-10,23,25H,1-4H3/b18-14-. The van der Waals surface area contributed by atoms with Crippen LogP contribution in [0.5, 0.6) is 5.75 Å². The van der Waals surface area contributed by atoms with Crippen LogP contribution in [-0.4, -0.2) is 54.9 Å². The van der Waals surface area contributed by atoms with Crippen molar-refractivity contribution in [3.05, 3.63) is 64.6 Å². The average Bonchev–Trinajstić information content (AvgIpc) is 2.58. The van der Waals surface area contributed by atoms with E-state index in [4.69, 9.17) is 0 Å². The van der Waals surface area contributed by atoms with Gasteiger partial charge in [0, 0.05) is 62.9 Å². The van der Waals surface area contributed by atoms with Crippen LogP contribution in [0, 0.1) is 0 Å². The van der Waals surface area contributed by atoms with Crippen molar-refractivity contribution in [2.24, 2.45) is 0 Å². The first-order chi connectivity index (χ1) is 12.2. The number of rotatable bonds is 3. The molecule has 0 amide bonds. The fourth-order valence-electron chi connectivity index (χ4n) is 2.91. The highest BCUT2D eigenvalue weighted by molar-refractivity contribution is 6.41. The Morgan fingerprint density at radius 3 is 2.08 bits per heavy atom. The van der Waals surface area contributed by atoms with Crippen LogP contribution in [0.3, 0.4) is 0 Å². The second kappa shape index (κ2) is 6.22. The number of aliphatic hydroxyl groups excluding tert-OH is 1. The predicted octanol–water partition coefficient (Wildman–Crippen LogP) is 2.19. The van der Waals surface area contributed by atoms with Gasteiger partial charge in [0.2, 0.25) is 5.78 Å². The zero-order valence-electron chi connectivity index (χ0n) is 15.1. The molecule has 0 aromatic heterocycles. The topological polar surface area (TPSA) is 81.1 Å². The lowest BCUT2D eigenvalue weighted by Gasteiger charge is -2.25. The van der Waals surface area contributed by atoms with Gasteiger partial charge in [0.25, 0.3) is 0 Å². The Morgan fingerprint density at radius 1 is 0.885 bits per heavy atom. The number of phenols is 1. The van der Waals surface area contributed by atoms with Crippen LogP contribution < -0.4 is 4.90 Å². The summed E-state index contributed by atoms with van der Waals surface area (Å²) in [6.07, 6.45) is 4.67. The van der Waals surface area contributed by atoms with E-state index in [-0.39, 0.29) is 39.6 Å². The molecule has 0 aliphatic heterocycles.